The summed E-state index contributed by atoms with van der Waals surface area (Å²) in [6.45, 7) is 11.0. The average molecular weight is 294 g/mol. The molecule has 0 radical (unpaired) electrons. The predicted molar refractivity (Wildman–Crippen MR) is 83.0 cm³/mol. The number of rotatable bonds is 7. The zero-order valence-corrected chi connectivity index (χ0v) is 13.6. The number of carbonyl (C=O) groups is 1. The number of aliphatic carboxylic acids is 1. The lowest BCUT2D eigenvalue weighted by molar-refractivity contribution is -0.150. The molecule has 1 rings (SSSR count). The fraction of sp³-hybridized carbons (Fsp3) is 0.588. The smallest absolute Gasteiger partial charge is 0.332 e. The van der Waals surface area contributed by atoms with Gasteiger partial charge in [0.1, 0.15) is 5.75 Å². The standard InChI is InChI=1S/C17H26O4/c1-6-20-15(16(18)19)9-10-21-14-8-7-13(11-12(14)2)17(3,4)5/h7-8,11,15H,6,9-10H2,1-5H3,(H,18,19). The minimum absolute atomic E-state index is 0.104. The molecule has 1 unspecified atom stereocenters. The predicted octanol–water partition coefficient (Wildman–Crippen LogP) is 3.55. The summed E-state index contributed by atoms with van der Waals surface area (Å²) in [6, 6.07) is 6.12. The number of carboxylic acid groups (broad SMARTS) is 1. The topological polar surface area (TPSA) is 55.8 Å². The van der Waals surface area contributed by atoms with Crippen molar-refractivity contribution in [3.63, 3.8) is 0 Å². The largest absolute Gasteiger partial charge is 0.493 e. The van der Waals surface area contributed by atoms with E-state index in [1.807, 2.05) is 13.0 Å². The maximum absolute atomic E-state index is 11.0. The highest BCUT2D eigenvalue weighted by Gasteiger charge is 2.18. The lowest BCUT2D eigenvalue weighted by atomic mass is 9.86. The van der Waals surface area contributed by atoms with Crippen molar-refractivity contribution in [3.05, 3.63) is 29.3 Å². The van der Waals surface area contributed by atoms with Crippen LogP contribution >= 0.6 is 0 Å². The molecule has 0 bridgehead atoms. The maximum atomic E-state index is 11.0. The summed E-state index contributed by atoms with van der Waals surface area (Å²) in [4.78, 5) is 11.0. The Kier molecular flexibility index (Phi) is 6.21. The van der Waals surface area contributed by atoms with Crippen LogP contribution < -0.4 is 4.74 Å². The molecule has 0 heterocycles. The second-order valence-corrected chi connectivity index (χ2v) is 6.15. The van der Waals surface area contributed by atoms with Crippen molar-refractivity contribution in [2.45, 2.75) is 52.6 Å². The van der Waals surface area contributed by atoms with Crippen LogP contribution in [-0.2, 0) is 14.9 Å². The van der Waals surface area contributed by atoms with Gasteiger partial charge in [0.15, 0.2) is 6.10 Å². The first-order valence-electron chi connectivity index (χ1n) is 7.34. The molecule has 4 heteroatoms. The molecule has 118 valence electrons. The zero-order valence-electron chi connectivity index (χ0n) is 13.6. The van der Waals surface area contributed by atoms with Gasteiger partial charge in [-0.05, 0) is 36.5 Å². The SMILES string of the molecule is CCOC(CCOc1ccc(C(C)(C)C)cc1C)C(=O)O. The molecular formula is C17H26O4. The van der Waals surface area contributed by atoms with Gasteiger partial charge in [-0.25, -0.2) is 4.79 Å². The van der Waals surface area contributed by atoms with E-state index in [1.54, 1.807) is 6.92 Å². The Hall–Kier alpha value is -1.55. The molecule has 0 amide bonds. The van der Waals surface area contributed by atoms with E-state index in [4.69, 9.17) is 14.6 Å². The van der Waals surface area contributed by atoms with Crippen LogP contribution in [-0.4, -0.2) is 30.4 Å². The molecule has 0 spiro atoms. The van der Waals surface area contributed by atoms with Gasteiger partial charge in [-0.2, -0.15) is 0 Å². The highest BCUT2D eigenvalue weighted by Crippen LogP contribution is 2.27. The summed E-state index contributed by atoms with van der Waals surface area (Å²) >= 11 is 0. The Morgan fingerprint density at radius 2 is 2.00 bits per heavy atom. The fourth-order valence-electron chi connectivity index (χ4n) is 2.03. The molecule has 0 saturated heterocycles. The minimum atomic E-state index is -0.944. The Bertz CT molecular complexity index is 474. The van der Waals surface area contributed by atoms with E-state index in [1.165, 1.54) is 5.56 Å². The molecule has 4 nitrogen and oxygen atoms in total. The Morgan fingerprint density at radius 1 is 1.33 bits per heavy atom. The second-order valence-electron chi connectivity index (χ2n) is 6.15. The number of carboxylic acids is 1. The summed E-state index contributed by atoms with van der Waals surface area (Å²) < 4.78 is 10.8. The maximum Gasteiger partial charge on any atom is 0.332 e. The second kappa shape index (κ2) is 7.46. The van der Waals surface area contributed by atoms with Crippen molar-refractivity contribution in [2.75, 3.05) is 13.2 Å². The molecule has 0 aliphatic rings. The van der Waals surface area contributed by atoms with Crippen LogP contribution in [0.1, 0.15) is 45.2 Å². The summed E-state index contributed by atoms with van der Waals surface area (Å²) in [5.41, 5.74) is 2.42. The number of hydrogen-bond donors (Lipinski definition) is 1. The van der Waals surface area contributed by atoms with Gasteiger partial charge in [0.25, 0.3) is 0 Å². The van der Waals surface area contributed by atoms with E-state index in [9.17, 15) is 4.79 Å². The molecule has 1 aromatic rings. The Balaban J connectivity index is 2.62. The average Bonchev–Trinajstić information content (AvgIpc) is 2.38. The molecular weight excluding hydrogens is 268 g/mol. The van der Waals surface area contributed by atoms with Crippen LogP contribution in [0, 0.1) is 6.92 Å². The van der Waals surface area contributed by atoms with Gasteiger partial charge < -0.3 is 14.6 Å². The van der Waals surface area contributed by atoms with E-state index in [-0.39, 0.29) is 5.41 Å². The van der Waals surface area contributed by atoms with Crippen LogP contribution in [0.4, 0.5) is 0 Å². The molecule has 21 heavy (non-hydrogen) atoms. The minimum Gasteiger partial charge on any atom is -0.493 e. The first-order valence-corrected chi connectivity index (χ1v) is 7.34. The number of ether oxygens (including phenoxy) is 2. The molecule has 1 aromatic carbocycles. The van der Waals surface area contributed by atoms with Crippen LogP contribution in [0.2, 0.25) is 0 Å². The van der Waals surface area contributed by atoms with Crippen LogP contribution in [0.3, 0.4) is 0 Å². The van der Waals surface area contributed by atoms with Crippen molar-refractivity contribution in [3.8, 4) is 5.75 Å². The van der Waals surface area contributed by atoms with Gasteiger partial charge in [-0.1, -0.05) is 32.9 Å². The normalized spacial score (nSPS) is 13.0. The Morgan fingerprint density at radius 3 is 2.48 bits per heavy atom. The number of hydrogen-bond acceptors (Lipinski definition) is 3. The van der Waals surface area contributed by atoms with Crippen molar-refractivity contribution in [2.24, 2.45) is 0 Å². The van der Waals surface area contributed by atoms with E-state index in [2.05, 4.69) is 32.9 Å². The monoisotopic (exact) mass is 294 g/mol. The molecule has 0 aromatic heterocycles. The first-order chi connectivity index (χ1) is 9.75. The highest BCUT2D eigenvalue weighted by molar-refractivity contribution is 5.72. The van der Waals surface area contributed by atoms with Gasteiger partial charge in [-0.15, -0.1) is 0 Å². The van der Waals surface area contributed by atoms with Gasteiger partial charge in [-0.3, -0.25) is 0 Å². The van der Waals surface area contributed by atoms with Crippen LogP contribution in [0.15, 0.2) is 18.2 Å². The van der Waals surface area contributed by atoms with Crippen molar-refractivity contribution >= 4 is 5.97 Å². The van der Waals surface area contributed by atoms with Crippen LogP contribution in [0.25, 0.3) is 0 Å². The third kappa shape index (κ3) is 5.38. The zero-order chi connectivity index (χ0) is 16.0. The lowest BCUT2D eigenvalue weighted by Gasteiger charge is -2.21. The van der Waals surface area contributed by atoms with Gasteiger partial charge in [0.05, 0.1) is 6.61 Å². The Labute approximate surface area is 127 Å². The quantitative estimate of drug-likeness (QED) is 0.835. The molecule has 1 atom stereocenters. The fourth-order valence-corrected chi connectivity index (χ4v) is 2.03. The third-order valence-electron chi connectivity index (χ3n) is 3.32. The molecule has 0 fully saturated rings. The van der Waals surface area contributed by atoms with Gasteiger partial charge in [0.2, 0.25) is 0 Å². The van der Waals surface area contributed by atoms with E-state index < -0.39 is 12.1 Å². The summed E-state index contributed by atoms with van der Waals surface area (Å²) in [7, 11) is 0. The van der Waals surface area contributed by atoms with E-state index >= 15 is 0 Å². The number of aryl methyl sites for hydroxylation is 1. The van der Waals surface area contributed by atoms with Gasteiger partial charge >= 0.3 is 5.97 Å². The van der Waals surface area contributed by atoms with E-state index in [0.29, 0.717) is 19.6 Å². The molecule has 0 aliphatic heterocycles. The van der Waals surface area contributed by atoms with Crippen LogP contribution in [0.5, 0.6) is 5.75 Å². The summed E-state index contributed by atoms with van der Waals surface area (Å²) in [6.07, 6.45) is -0.465. The number of benzene rings is 1. The van der Waals surface area contributed by atoms with Crippen molar-refractivity contribution in [1.29, 1.82) is 0 Å². The third-order valence-corrected chi connectivity index (χ3v) is 3.32. The van der Waals surface area contributed by atoms with Crippen molar-refractivity contribution in [1.82, 2.24) is 0 Å². The highest BCUT2D eigenvalue weighted by atomic mass is 16.5. The van der Waals surface area contributed by atoms with Gasteiger partial charge in [0, 0.05) is 13.0 Å². The first kappa shape index (κ1) is 17.5. The van der Waals surface area contributed by atoms with Crippen molar-refractivity contribution < 1.29 is 19.4 Å². The molecule has 0 saturated carbocycles. The summed E-state index contributed by atoms with van der Waals surface area (Å²) in [5.74, 6) is -0.149. The summed E-state index contributed by atoms with van der Waals surface area (Å²) in [5, 5.41) is 9.00. The molecule has 0 aliphatic carbocycles. The lowest BCUT2D eigenvalue weighted by Crippen LogP contribution is -2.26. The molecule has 1 N–H and O–H groups in total. The van der Waals surface area contributed by atoms with E-state index in [0.717, 1.165) is 11.3 Å².